The van der Waals surface area contributed by atoms with Crippen molar-refractivity contribution in [2.45, 2.75) is 12.0 Å². The van der Waals surface area contributed by atoms with Gasteiger partial charge in [-0.2, -0.15) is 0 Å². The minimum absolute atomic E-state index is 0.0567. The van der Waals surface area contributed by atoms with Crippen LogP contribution in [0.2, 0.25) is 0 Å². The number of aliphatic carboxylic acids is 1. The number of amides is 2. The van der Waals surface area contributed by atoms with E-state index in [-0.39, 0.29) is 30.6 Å². The van der Waals surface area contributed by atoms with Gasteiger partial charge in [0, 0.05) is 13.0 Å². The molecule has 0 fully saturated rings. The van der Waals surface area contributed by atoms with Gasteiger partial charge in [0.05, 0.1) is 6.61 Å². The lowest BCUT2D eigenvalue weighted by Crippen LogP contribution is -2.44. The summed E-state index contributed by atoms with van der Waals surface area (Å²) in [5.74, 6) is -1.93. The number of carboxylic acid groups (broad SMARTS) is 1. The molecule has 0 spiro atoms. The van der Waals surface area contributed by atoms with Crippen molar-refractivity contribution >= 4 is 23.8 Å². The number of carbonyl (C=O) groups excluding carboxylic acids is 2. The molecule has 0 saturated carbocycles. The summed E-state index contributed by atoms with van der Waals surface area (Å²) in [5, 5.41) is 14.0. The number of aromatic nitrogens is 1. The number of anilines is 1. The average Bonchev–Trinajstić information content (AvgIpc) is 3.16. The quantitative estimate of drug-likeness (QED) is 0.470. The Bertz CT molecular complexity index is 1180. The maximum absolute atomic E-state index is 12.5. The van der Waals surface area contributed by atoms with Gasteiger partial charge in [-0.3, -0.25) is 10.1 Å². The highest BCUT2D eigenvalue weighted by Crippen LogP contribution is 2.44. The second-order valence-electron chi connectivity index (χ2n) is 7.68. The lowest BCUT2D eigenvalue weighted by atomic mass is 9.98. The number of nitrogens with zero attached hydrogens (tertiary/aromatic N) is 1. The van der Waals surface area contributed by atoms with Crippen molar-refractivity contribution in [1.82, 2.24) is 10.3 Å². The van der Waals surface area contributed by atoms with Crippen molar-refractivity contribution in [1.29, 1.82) is 0 Å². The van der Waals surface area contributed by atoms with E-state index in [0.29, 0.717) is 0 Å². The Morgan fingerprint density at radius 2 is 1.62 bits per heavy atom. The van der Waals surface area contributed by atoms with E-state index in [0.717, 1.165) is 22.3 Å². The van der Waals surface area contributed by atoms with Crippen LogP contribution in [0.15, 0.2) is 66.7 Å². The van der Waals surface area contributed by atoms with Crippen LogP contribution < -0.4 is 10.6 Å². The molecular formula is C25H23N3O6. The highest BCUT2D eigenvalue weighted by molar-refractivity contribution is 5.95. The molecule has 2 aromatic carbocycles. The van der Waals surface area contributed by atoms with Gasteiger partial charge >= 0.3 is 12.1 Å². The first-order valence-electron chi connectivity index (χ1n) is 10.6. The molecular weight excluding hydrogens is 438 g/mol. The van der Waals surface area contributed by atoms with Crippen molar-refractivity contribution in [3.63, 3.8) is 0 Å². The van der Waals surface area contributed by atoms with Crippen molar-refractivity contribution in [3.05, 3.63) is 83.6 Å². The van der Waals surface area contributed by atoms with E-state index in [9.17, 15) is 14.4 Å². The molecule has 0 saturated heterocycles. The molecule has 0 bridgehead atoms. The van der Waals surface area contributed by atoms with Gasteiger partial charge in [-0.25, -0.2) is 14.6 Å². The zero-order chi connectivity index (χ0) is 24.1. The SMILES string of the molecule is COC[C@H](NC(=O)c1cccc(NC(=O)OCC2c3ccccc3-c3ccccc32)n1)C(=O)O. The molecule has 0 unspecified atom stereocenters. The molecule has 1 atom stereocenters. The Hall–Kier alpha value is -4.24. The summed E-state index contributed by atoms with van der Waals surface area (Å²) in [6.07, 6.45) is -0.713. The smallest absolute Gasteiger partial charge is 0.412 e. The molecule has 34 heavy (non-hydrogen) atoms. The average molecular weight is 461 g/mol. The Kier molecular flexibility index (Phi) is 6.84. The van der Waals surface area contributed by atoms with Gasteiger partial charge in [-0.15, -0.1) is 0 Å². The van der Waals surface area contributed by atoms with Crippen LogP contribution >= 0.6 is 0 Å². The summed E-state index contributed by atoms with van der Waals surface area (Å²) in [4.78, 5) is 40.1. The number of methoxy groups -OCH3 is 1. The van der Waals surface area contributed by atoms with E-state index in [2.05, 4.69) is 27.8 Å². The molecule has 1 aliphatic rings. The number of pyridine rings is 1. The van der Waals surface area contributed by atoms with Gasteiger partial charge in [-0.05, 0) is 34.4 Å². The first-order chi connectivity index (χ1) is 16.5. The Labute approximate surface area is 195 Å². The molecule has 1 heterocycles. The van der Waals surface area contributed by atoms with Crippen LogP contribution in [0.1, 0.15) is 27.5 Å². The fourth-order valence-corrected chi connectivity index (χ4v) is 3.94. The Morgan fingerprint density at radius 3 is 2.24 bits per heavy atom. The van der Waals surface area contributed by atoms with Crippen LogP contribution in [0, 0.1) is 0 Å². The van der Waals surface area contributed by atoms with Gasteiger partial charge in [0.1, 0.15) is 18.1 Å². The topological polar surface area (TPSA) is 127 Å². The van der Waals surface area contributed by atoms with Crippen LogP contribution in [-0.4, -0.2) is 54.4 Å². The lowest BCUT2D eigenvalue weighted by Gasteiger charge is -2.15. The van der Waals surface area contributed by atoms with Gasteiger partial charge in [0.25, 0.3) is 5.91 Å². The number of fused-ring (bicyclic) bond motifs is 3. The van der Waals surface area contributed by atoms with E-state index in [1.807, 2.05) is 36.4 Å². The molecule has 0 radical (unpaired) electrons. The molecule has 9 heteroatoms. The summed E-state index contributed by atoms with van der Waals surface area (Å²) in [6, 6.07) is 19.2. The molecule has 1 aliphatic carbocycles. The van der Waals surface area contributed by atoms with E-state index in [1.165, 1.54) is 25.3 Å². The van der Waals surface area contributed by atoms with Crippen molar-refractivity contribution in [3.8, 4) is 11.1 Å². The van der Waals surface area contributed by atoms with Gasteiger partial charge < -0.3 is 19.9 Å². The lowest BCUT2D eigenvalue weighted by molar-refractivity contribution is -0.140. The third-order valence-electron chi connectivity index (χ3n) is 5.49. The maximum atomic E-state index is 12.5. The van der Waals surface area contributed by atoms with Crippen LogP contribution in [-0.2, 0) is 14.3 Å². The summed E-state index contributed by atoms with van der Waals surface area (Å²) in [7, 11) is 1.33. The molecule has 0 aliphatic heterocycles. The van der Waals surface area contributed by atoms with Gasteiger partial charge in [0.2, 0.25) is 0 Å². The zero-order valence-corrected chi connectivity index (χ0v) is 18.4. The summed E-state index contributed by atoms with van der Waals surface area (Å²) < 4.78 is 10.3. The standard InChI is InChI=1S/C25H23N3O6/c1-33-14-21(24(30)31)27-23(29)20-11-6-12-22(26-20)28-25(32)34-13-19-17-9-4-2-7-15(17)16-8-3-5-10-18(16)19/h2-12,19,21H,13-14H2,1H3,(H,27,29)(H,30,31)(H,26,28,32)/t21-/m0/s1. The van der Waals surface area contributed by atoms with E-state index < -0.39 is 24.0 Å². The molecule has 2 amide bonds. The predicted octanol–water partition coefficient (Wildman–Crippen LogP) is 3.27. The Balaban J connectivity index is 1.40. The summed E-state index contributed by atoms with van der Waals surface area (Å²) in [5.41, 5.74) is 4.38. The number of ether oxygens (including phenoxy) is 2. The van der Waals surface area contributed by atoms with E-state index in [4.69, 9.17) is 14.6 Å². The fraction of sp³-hybridized carbons (Fsp3) is 0.200. The number of carbonyl (C=O) groups is 3. The number of carboxylic acids is 1. The summed E-state index contributed by atoms with van der Waals surface area (Å²) in [6.45, 7) is -0.0594. The third kappa shape index (κ3) is 4.89. The number of benzene rings is 2. The first-order valence-corrected chi connectivity index (χ1v) is 10.6. The minimum atomic E-state index is -1.23. The predicted molar refractivity (Wildman–Crippen MR) is 124 cm³/mol. The fourth-order valence-electron chi connectivity index (χ4n) is 3.94. The zero-order valence-electron chi connectivity index (χ0n) is 18.4. The normalized spacial score (nSPS) is 12.9. The number of hydrogen-bond donors (Lipinski definition) is 3. The van der Waals surface area contributed by atoms with E-state index in [1.54, 1.807) is 0 Å². The van der Waals surface area contributed by atoms with Crippen molar-refractivity contribution in [2.75, 3.05) is 25.6 Å². The number of nitrogens with one attached hydrogen (secondary N) is 2. The molecule has 1 aromatic heterocycles. The van der Waals surface area contributed by atoms with Crippen molar-refractivity contribution < 1.29 is 29.0 Å². The highest BCUT2D eigenvalue weighted by Gasteiger charge is 2.29. The molecule has 3 N–H and O–H groups in total. The molecule has 3 aromatic rings. The second-order valence-corrected chi connectivity index (χ2v) is 7.68. The van der Waals surface area contributed by atoms with Crippen molar-refractivity contribution in [2.24, 2.45) is 0 Å². The molecule has 4 rings (SSSR count). The van der Waals surface area contributed by atoms with Crippen LogP contribution in [0.3, 0.4) is 0 Å². The second kappa shape index (κ2) is 10.1. The molecule has 9 nitrogen and oxygen atoms in total. The van der Waals surface area contributed by atoms with Gasteiger partial charge in [-0.1, -0.05) is 54.6 Å². The first kappa shape index (κ1) is 22.9. The number of rotatable bonds is 8. The molecule has 174 valence electrons. The minimum Gasteiger partial charge on any atom is -0.480 e. The van der Waals surface area contributed by atoms with Crippen LogP contribution in [0.4, 0.5) is 10.6 Å². The van der Waals surface area contributed by atoms with Crippen LogP contribution in [0.5, 0.6) is 0 Å². The summed E-state index contributed by atoms with van der Waals surface area (Å²) >= 11 is 0. The Morgan fingerprint density at radius 1 is 0.971 bits per heavy atom. The van der Waals surface area contributed by atoms with E-state index >= 15 is 0 Å². The monoisotopic (exact) mass is 461 g/mol. The maximum Gasteiger partial charge on any atom is 0.412 e. The number of hydrogen-bond acceptors (Lipinski definition) is 6. The highest BCUT2D eigenvalue weighted by atomic mass is 16.5. The third-order valence-corrected chi connectivity index (χ3v) is 5.49. The van der Waals surface area contributed by atoms with Crippen LogP contribution in [0.25, 0.3) is 11.1 Å². The largest absolute Gasteiger partial charge is 0.480 e. The van der Waals surface area contributed by atoms with Gasteiger partial charge in [0.15, 0.2) is 6.04 Å².